The number of nitrogens with zero attached hydrogens (tertiary/aromatic N) is 2. The number of rotatable bonds is 7. The van der Waals surface area contributed by atoms with Gasteiger partial charge >= 0.3 is 0 Å². The van der Waals surface area contributed by atoms with E-state index < -0.39 is 0 Å². The van der Waals surface area contributed by atoms with E-state index >= 15 is 0 Å². The SMILES string of the molecule is CN1CCN(CCCCCCC[O-])CC1. The van der Waals surface area contributed by atoms with Crippen molar-refractivity contribution >= 4 is 0 Å². The van der Waals surface area contributed by atoms with Crippen LogP contribution in [0.25, 0.3) is 0 Å². The van der Waals surface area contributed by atoms with Crippen LogP contribution in [0.4, 0.5) is 0 Å². The van der Waals surface area contributed by atoms with E-state index in [1.807, 2.05) is 0 Å². The third-order valence-electron chi connectivity index (χ3n) is 3.21. The fourth-order valence-corrected chi connectivity index (χ4v) is 2.04. The maximum atomic E-state index is 10.2. The van der Waals surface area contributed by atoms with Crippen molar-refractivity contribution in [3.8, 4) is 0 Å². The van der Waals surface area contributed by atoms with Crippen molar-refractivity contribution in [2.45, 2.75) is 32.1 Å². The molecule has 3 heteroatoms. The van der Waals surface area contributed by atoms with E-state index in [0.29, 0.717) is 0 Å². The van der Waals surface area contributed by atoms with Gasteiger partial charge in [0.15, 0.2) is 0 Å². The highest BCUT2D eigenvalue weighted by molar-refractivity contribution is 4.68. The van der Waals surface area contributed by atoms with Gasteiger partial charge in [0, 0.05) is 26.2 Å². The third-order valence-corrected chi connectivity index (χ3v) is 3.21. The molecular weight excluding hydrogens is 188 g/mol. The lowest BCUT2D eigenvalue weighted by Crippen LogP contribution is -2.44. The Kier molecular flexibility index (Phi) is 6.98. The molecule has 0 radical (unpaired) electrons. The van der Waals surface area contributed by atoms with Crippen LogP contribution in [0, 0.1) is 0 Å². The van der Waals surface area contributed by atoms with Crippen molar-refractivity contribution in [3.63, 3.8) is 0 Å². The first kappa shape index (κ1) is 12.9. The van der Waals surface area contributed by atoms with Crippen LogP contribution in [0.2, 0.25) is 0 Å². The molecular formula is C12H25N2O-. The van der Waals surface area contributed by atoms with E-state index in [9.17, 15) is 5.11 Å². The van der Waals surface area contributed by atoms with Crippen LogP contribution in [-0.4, -0.2) is 56.2 Å². The quantitative estimate of drug-likeness (QED) is 0.578. The van der Waals surface area contributed by atoms with Gasteiger partial charge in [-0.3, -0.25) is 0 Å². The molecule has 1 heterocycles. The zero-order valence-corrected chi connectivity index (χ0v) is 10.1. The molecule has 1 aliphatic rings. The Morgan fingerprint density at radius 2 is 1.47 bits per heavy atom. The highest BCUT2D eigenvalue weighted by atomic mass is 16.2. The molecule has 0 unspecified atom stereocenters. The van der Waals surface area contributed by atoms with Crippen LogP contribution >= 0.6 is 0 Å². The molecule has 1 rings (SSSR count). The monoisotopic (exact) mass is 213 g/mol. The maximum Gasteiger partial charge on any atom is 0.0110 e. The molecule has 0 bridgehead atoms. The smallest absolute Gasteiger partial charge is 0.0110 e. The molecule has 1 fully saturated rings. The van der Waals surface area contributed by atoms with Crippen molar-refractivity contribution in [1.29, 1.82) is 0 Å². The Morgan fingerprint density at radius 3 is 2.13 bits per heavy atom. The zero-order valence-electron chi connectivity index (χ0n) is 10.1. The van der Waals surface area contributed by atoms with Crippen molar-refractivity contribution in [3.05, 3.63) is 0 Å². The molecule has 90 valence electrons. The Hall–Kier alpha value is -0.120. The van der Waals surface area contributed by atoms with Crippen LogP contribution in [-0.2, 0) is 0 Å². The molecule has 0 atom stereocenters. The standard InChI is InChI=1S/C12H25N2O/c1-13-8-10-14(11-9-13)7-5-3-2-4-6-12-15/h2-12H2,1H3/q-1. The van der Waals surface area contributed by atoms with Crippen LogP contribution in [0.1, 0.15) is 32.1 Å². The minimum atomic E-state index is 0.110. The highest BCUT2D eigenvalue weighted by Gasteiger charge is 2.12. The van der Waals surface area contributed by atoms with E-state index in [2.05, 4.69) is 16.8 Å². The fraction of sp³-hybridized carbons (Fsp3) is 1.00. The van der Waals surface area contributed by atoms with Gasteiger partial charge < -0.3 is 14.9 Å². The van der Waals surface area contributed by atoms with Crippen LogP contribution < -0.4 is 5.11 Å². The number of likely N-dealkylation sites (N-methyl/N-ethyl adjacent to an activating group) is 1. The first-order valence-electron chi connectivity index (χ1n) is 6.32. The number of unbranched alkanes of at least 4 members (excludes halogenated alkanes) is 4. The summed E-state index contributed by atoms with van der Waals surface area (Å²) >= 11 is 0. The lowest BCUT2D eigenvalue weighted by Gasteiger charge is -2.32. The van der Waals surface area contributed by atoms with Gasteiger partial charge in [0.25, 0.3) is 0 Å². The van der Waals surface area contributed by atoms with E-state index in [1.54, 1.807) is 0 Å². The zero-order chi connectivity index (χ0) is 10.9. The molecule has 0 N–H and O–H groups in total. The average Bonchev–Trinajstić information content (AvgIpc) is 2.26. The topological polar surface area (TPSA) is 29.5 Å². The molecule has 3 nitrogen and oxygen atoms in total. The summed E-state index contributed by atoms with van der Waals surface area (Å²) in [4.78, 5) is 4.96. The predicted octanol–water partition coefficient (Wildman–Crippen LogP) is 0.545. The predicted molar refractivity (Wildman–Crippen MR) is 61.9 cm³/mol. The summed E-state index contributed by atoms with van der Waals surface area (Å²) in [5.41, 5.74) is 0. The molecule has 0 spiro atoms. The molecule has 0 aromatic heterocycles. The summed E-state index contributed by atoms with van der Waals surface area (Å²) in [6, 6.07) is 0. The van der Waals surface area contributed by atoms with E-state index in [0.717, 1.165) is 12.8 Å². The van der Waals surface area contributed by atoms with E-state index in [1.165, 1.54) is 52.0 Å². The molecule has 0 amide bonds. The average molecular weight is 213 g/mol. The van der Waals surface area contributed by atoms with Gasteiger partial charge in [-0.05, 0) is 20.0 Å². The van der Waals surface area contributed by atoms with Crippen molar-refractivity contribution in [1.82, 2.24) is 9.80 Å². The number of hydrogen-bond donors (Lipinski definition) is 0. The van der Waals surface area contributed by atoms with Gasteiger partial charge in [-0.25, -0.2) is 0 Å². The molecule has 15 heavy (non-hydrogen) atoms. The number of hydrogen-bond acceptors (Lipinski definition) is 3. The van der Waals surface area contributed by atoms with Gasteiger partial charge in [-0.1, -0.05) is 25.7 Å². The second-order valence-corrected chi connectivity index (χ2v) is 4.62. The van der Waals surface area contributed by atoms with E-state index in [4.69, 9.17) is 0 Å². The lowest BCUT2D eigenvalue weighted by molar-refractivity contribution is -0.368. The molecule has 0 aromatic rings. The lowest BCUT2D eigenvalue weighted by atomic mass is 10.1. The van der Waals surface area contributed by atoms with Crippen molar-refractivity contribution in [2.24, 2.45) is 0 Å². The summed E-state index contributed by atoms with van der Waals surface area (Å²) in [7, 11) is 2.19. The largest absolute Gasteiger partial charge is 0.854 e. The third kappa shape index (κ3) is 6.13. The minimum Gasteiger partial charge on any atom is -0.854 e. The Labute approximate surface area is 94.1 Å². The first-order valence-corrected chi connectivity index (χ1v) is 6.32. The summed E-state index contributed by atoms with van der Waals surface area (Å²) in [5, 5.41) is 10.2. The van der Waals surface area contributed by atoms with Gasteiger partial charge in [0.05, 0.1) is 0 Å². The van der Waals surface area contributed by atoms with Crippen molar-refractivity contribution < 1.29 is 5.11 Å². The Balaban J connectivity index is 1.87. The maximum absolute atomic E-state index is 10.2. The Bertz CT molecular complexity index is 145. The van der Waals surface area contributed by atoms with Gasteiger partial charge in [-0.15, -0.1) is 6.61 Å². The molecule has 0 aliphatic carbocycles. The summed E-state index contributed by atoms with van der Waals surface area (Å²) in [6.07, 6.45) is 5.85. The molecule has 0 aromatic carbocycles. The van der Waals surface area contributed by atoms with E-state index in [-0.39, 0.29) is 6.61 Å². The van der Waals surface area contributed by atoms with Gasteiger partial charge in [0.1, 0.15) is 0 Å². The fourth-order valence-electron chi connectivity index (χ4n) is 2.04. The molecule has 0 saturated carbocycles. The Morgan fingerprint density at radius 1 is 0.867 bits per heavy atom. The molecule has 1 saturated heterocycles. The second kappa shape index (κ2) is 8.08. The van der Waals surface area contributed by atoms with Crippen LogP contribution in [0.15, 0.2) is 0 Å². The minimum absolute atomic E-state index is 0.110. The number of piperazine rings is 1. The van der Waals surface area contributed by atoms with Gasteiger partial charge in [-0.2, -0.15) is 0 Å². The first-order chi connectivity index (χ1) is 7.33. The summed E-state index contributed by atoms with van der Waals surface area (Å²) in [5.74, 6) is 0. The summed E-state index contributed by atoms with van der Waals surface area (Å²) in [6.45, 7) is 6.27. The molecule has 1 aliphatic heterocycles. The van der Waals surface area contributed by atoms with Crippen LogP contribution in [0.3, 0.4) is 0 Å². The second-order valence-electron chi connectivity index (χ2n) is 4.62. The summed E-state index contributed by atoms with van der Waals surface area (Å²) < 4.78 is 0. The van der Waals surface area contributed by atoms with Gasteiger partial charge in [0.2, 0.25) is 0 Å². The van der Waals surface area contributed by atoms with Crippen molar-refractivity contribution in [2.75, 3.05) is 46.4 Å². The highest BCUT2D eigenvalue weighted by Crippen LogP contribution is 2.05. The van der Waals surface area contributed by atoms with Crippen LogP contribution in [0.5, 0.6) is 0 Å². The normalized spacial score (nSPS) is 19.6.